The third kappa shape index (κ3) is 1.57. The van der Waals surface area contributed by atoms with E-state index in [9.17, 15) is 4.79 Å². The van der Waals surface area contributed by atoms with Gasteiger partial charge in [-0.1, -0.05) is 19.8 Å². The number of carbonyl (C=O) groups excluding carboxylic acids is 1. The van der Waals surface area contributed by atoms with E-state index >= 15 is 0 Å². The third-order valence-corrected chi connectivity index (χ3v) is 3.62. The minimum atomic E-state index is -0.376. The van der Waals surface area contributed by atoms with E-state index in [1.165, 1.54) is 0 Å². The lowest BCUT2D eigenvalue weighted by molar-refractivity contribution is -0.134. The van der Waals surface area contributed by atoms with Crippen molar-refractivity contribution < 1.29 is 4.79 Å². The van der Waals surface area contributed by atoms with Gasteiger partial charge in [-0.3, -0.25) is 14.7 Å². The lowest BCUT2D eigenvalue weighted by atomic mass is 9.95. The van der Waals surface area contributed by atoms with Gasteiger partial charge in [0.1, 0.15) is 11.4 Å². The molecular formula is C13H22N2O. The highest BCUT2D eigenvalue weighted by Crippen LogP contribution is 2.41. The maximum absolute atomic E-state index is 12.6. The van der Waals surface area contributed by atoms with Crippen LogP contribution in [0.5, 0.6) is 0 Å². The van der Waals surface area contributed by atoms with Crippen molar-refractivity contribution in [3.63, 3.8) is 0 Å². The van der Waals surface area contributed by atoms with Crippen molar-refractivity contribution in [3.8, 4) is 0 Å². The Kier molecular flexibility index (Phi) is 2.59. The zero-order valence-electron chi connectivity index (χ0n) is 10.8. The fourth-order valence-corrected chi connectivity index (χ4v) is 2.88. The molecule has 0 saturated heterocycles. The average Bonchev–Trinajstić information content (AvgIpc) is 2.74. The van der Waals surface area contributed by atoms with Crippen LogP contribution in [-0.2, 0) is 4.79 Å². The third-order valence-electron chi connectivity index (χ3n) is 3.62. The van der Waals surface area contributed by atoms with Crippen LogP contribution >= 0.6 is 0 Å². The molecule has 3 heteroatoms. The van der Waals surface area contributed by atoms with Crippen LogP contribution in [0.1, 0.15) is 59.8 Å². The van der Waals surface area contributed by atoms with Crippen LogP contribution in [0.15, 0.2) is 4.99 Å². The predicted octanol–water partition coefficient (Wildman–Crippen LogP) is 2.75. The molecule has 2 rings (SSSR count). The zero-order chi connectivity index (χ0) is 12.0. The van der Waals surface area contributed by atoms with Gasteiger partial charge in [0.25, 0.3) is 5.91 Å². The van der Waals surface area contributed by atoms with Crippen LogP contribution in [0.3, 0.4) is 0 Å². The van der Waals surface area contributed by atoms with Gasteiger partial charge in [-0.2, -0.15) is 0 Å². The molecule has 1 aliphatic carbocycles. The molecule has 3 nitrogen and oxygen atoms in total. The van der Waals surface area contributed by atoms with Gasteiger partial charge in [0.2, 0.25) is 0 Å². The maximum atomic E-state index is 12.6. The second kappa shape index (κ2) is 3.57. The predicted molar refractivity (Wildman–Crippen MR) is 65.5 cm³/mol. The number of hydrogen-bond acceptors (Lipinski definition) is 2. The van der Waals surface area contributed by atoms with E-state index < -0.39 is 0 Å². The van der Waals surface area contributed by atoms with Crippen LogP contribution in [-0.4, -0.2) is 27.7 Å². The Morgan fingerprint density at radius 2 is 1.88 bits per heavy atom. The highest BCUT2D eigenvalue weighted by atomic mass is 16.2. The first kappa shape index (κ1) is 11.6. The monoisotopic (exact) mass is 222 g/mol. The van der Waals surface area contributed by atoms with Crippen LogP contribution in [0.4, 0.5) is 0 Å². The molecule has 0 N–H and O–H groups in total. The minimum absolute atomic E-state index is 0.141. The number of nitrogens with zero attached hydrogens (tertiary/aromatic N) is 2. The van der Waals surface area contributed by atoms with Crippen LogP contribution in [0.2, 0.25) is 0 Å². The Labute approximate surface area is 97.9 Å². The Balaban J connectivity index is 2.37. The molecule has 0 unspecified atom stereocenters. The summed E-state index contributed by atoms with van der Waals surface area (Å²) in [4.78, 5) is 19.2. The maximum Gasteiger partial charge on any atom is 0.256 e. The molecule has 0 aromatic rings. The van der Waals surface area contributed by atoms with Gasteiger partial charge in [0.15, 0.2) is 0 Å². The highest BCUT2D eigenvalue weighted by molar-refractivity contribution is 6.08. The molecular weight excluding hydrogens is 200 g/mol. The van der Waals surface area contributed by atoms with Gasteiger partial charge >= 0.3 is 0 Å². The van der Waals surface area contributed by atoms with Crippen LogP contribution in [0, 0.1) is 0 Å². The fraction of sp³-hybridized carbons (Fsp3) is 0.846. The molecule has 2 aliphatic rings. The first-order valence-electron chi connectivity index (χ1n) is 6.34. The van der Waals surface area contributed by atoms with Crippen molar-refractivity contribution >= 4 is 11.7 Å². The Bertz CT molecular complexity index is 332. The first-order valence-corrected chi connectivity index (χ1v) is 6.34. The summed E-state index contributed by atoms with van der Waals surface area (Å²) in [5.41, 5.74) is -0.517. The van der Waals surface area contributed by atoms with Gasteiger partial charge in [-0.25, -0.2) is 0 Å². The number of rotatable bonds is 1. The van der Waals surface area contributed by atoms with E-state index in [4.69, 9.17) is 4.99 Å². The summed E-state index contributed by atoms with van der Waals surface area (Å²) >= 11 is 0. The van der Waals surface area contributed by atoms with E-state index in [1.807, 2.05) is 4.90 Å². The van der Waals surface area contributed by atoms with Crippen molar-refractivity contribution in [2.24, 2.45) is 4.99 Å². The van der Waals surface area contributed by atoms with Crippen molar-refractivity contribution in [2.75, 3.05) is 0 Å². The molecule has 1 aliphatic heterocycles. The molecule has 1 spiro atoms. The Hall–Kier alpha value is -0.860. The smallest absolute Gasteiger partial charge is 0.256 e. The standard InChI is InChI=1S/C13H22N2O/c1-5-10-14-13(8-6-7-9-13)11(16)15(10)12(2,3)4/h5-9H2,1-4H3. The van der Waals surface area contributed by atoms with Crippen molar-refractivity contribution in [1.82, 2.24) is 4.90 Å². The van der Waals surface area contributed by atoms with Crippen molar-refractivity contribution in [2.45, 2.75) is 70.9 Å². The normalized spacial score (nSPS) is 24.4. The lowest BCUT2D eigenvalue weighted by Crippen LogP contribution is -2.50. The van der Waals surface area contributed by atoms with E-state index in [0.29, 0.717) is 0 Å². The van der Waals surface area contributed by atoms with Crippen molar-refractivity contribution in [1.29, 1.82) is 0 Å². The molecule has 16 heavy (non-hydrogen) atoms. The average molecular weight is 222 g/mol. The lowest BCUT2D eigenvalue weighted by Gasteiger charge is -2.34. The molecule has 90 valence electrons. The van der Waals surface area contributed by atoms with Crippen LogP contribution < -0.4 is 0 Å². The fourth-order valence-electron chi connectivity index (χ4n) is 2.88. The highest BCUT2D eigenvalue weighted by Gasteiger charge is 2.51. The van der Waals surface area contributed by atoms with Gasteiger partial charge in [-0.05, 0) is 33.6 Å². The van der Waals surface area contributed by atoms with Gasteiger partial charge in [-0.15, -0.1) is 0 Å². The topological polar surface area (TPSA) is 32.7 Å². The number of amides is 1. The zero-order valence-corrected chi connectivity index (χ0v) is 10.8. The summed E-state index contributed by atoms with van der Waals surface area (Å²) in [7, 11) is 0. The number of amidine groups is 1. The Morgan fingerprint density at radius 1 is 1.31 bits per heavy atom. The number of hydrogen-bond donors (Lipinski definition) is 0. The van der Waals surface area contributed by atoms with Crippen LogP contribution in [0.25, 0.3) is 0 Å². The molecule has 0 aromatic heterocycles. The molecule has 1 heterocycles. The van der Waals surface area contributed by atoms with Crippen molar-refractivity contribution in [3.05, 3.63) is 0 Å². The van der Waals surface area contributed by atoms with E-state index in [1.54, 1.807) is 0 Å². The van der Waals surface area contributed by atoms with E-state index in [-0.39, 0.29) is 17.0 Å². The number of carbonyl (C=O) groups is 1. The molecule has 0 aromatic carbocycles. The number of aliphatic imine (C=N–C) groups is 1. The second-order valence-corrected chi connectivity index (χ2v) is 5.93. The summed E-state index contributed by atoms with van der Waals surface area (Å²) in [5.74, 6) is 1.23. The second-order valence-electron chi connectivity index (χ2n) is 5.93. The van der Waals surface area contributed by atoms with Gasteiger partial charge in [0, 0.05) is 12.0 Å². The minimum Gasteiger partial charge on any atom is -0.293 e. The molecule has 1 fully saturated rings. The Morgan fingerprint density at radius 3 is 2.25 bits per heavy atom. The van der Waals surface area contributed by atoms with E-state index in [2.05, 4.69) is 27.7 Å². The summed E-state index contributed by atoms with van der Waals surface area (Å²) in [6.45, 7) is 8.34. The summed E-state index contributed by atoms with van der Waals surface area (Å²) in [5, 5.41) is 0. The van der Waals surface area contributed by atoms with Gasteiger partial charge < -0.3 is 0 Å². The van der Waals surface area contributed by atoms with Gasteiger partial charge in [0.05, 0.1) is 0 Å². The largest absolute Gasteiger partial charge is 0.293 e. The summed E-state index contributed by atoms with van der Waals surface area (Å²) < 4.78 is 0. The molecule has 0 atom stereocenters. The summed E-state index contributed by atoms with van der Waals surface area (Å²) in [6, 6.07) is 0. The van der Waals surface area contributed by atoms with E-state index in [0.717, 1.165) is 37.9 Å². The molecule has 1 amide bonds. The SMILES string of the molecule is CCC1=NC2(CCCC2)C(=O)N1C(C)(C)C. The first-order chi connectivity index (χ1) is 7.41. The molecule has 1 saturated carbocycles. The molecule has 0 radical (unpaired) electrons. The quantitative estimate of drug-likeness (QED) is 0.671. The summed E-state index contributed by atoms with van der Waals surface area (Å²) in [6.07, 6.45) is 5.03. The molecule has 0 bridgehead atoms.